The quantitative estimate of drug-likeness (QED) is 0.0751. The molecule has 246 valence electrons. The first-order valence-electron chi connectivity index (χ1n) is 15.4. The van der Waals surface area contributed by atoms with Crippen molar-refractivity contribution in [2.24, 2.45) is 17.8 Å². The normalized spacial score (nSPS) is 19.2. The minimum atomic E-state index is -3.91. The summed E-state index contributed by atoms with van der Waals surface area (Å²) in [7, 11) is -6.70. The van der Waals surface area contributed by atoms with Crippen LogP contribution in [0.25, 0.3) is 0 Å². The molecule has 8 nitrogen and oxygen atoms in total. The van der Waals surface area contributed by atoms with Gasteiger partial charge in [-0.05, 0) is 73.9 Å². The fourth-order valence-electron chi connectivity index (χ4n) is 4.33. The molecule has 0 heterocycles. The summed E-state index contributed by atoms with van der Waals surface area (Å²) in [5.41, 5.74) is 1.35. The van der Waals surface area contributed by atoms with Crippen LogP contribution in [0.2, 0.25) is 36.3 Å². The summed E-state index contributed by atoms with van der Waals surface area (Å²) in [4.78, 5) is 13.4. The van der Waals surface area contributed by atoms with Crippen LogP contribution in [0.5, 0.6) is 0 Å². The summed E-state index contributed by atoms with van der Waals surface area (Å²) in [6, 6.07) is 0. The first kappa shape index (κ1) is 39.3. The average Bonchev–Trinajstić information content (AvgIpc) is 2.83. The summed E-state index contributed by atoms with van der Waals surface area (Å²) in [6.45, 7) is 31.2. The van der Waals surface area contributed by atoms with E-state index < -0.39 is 30.4 Å². The monoisotopic (exact) mass is 648 g/mol. The second-order valence-electron chi connectivity index (χ2n) is 14.6. The van der Waals surface area contributed by atoms with E-state index in [2.05, 4.69) is 87.7 Å². The van der Waals surface area contributed by atoms with Gasteiger partial charge in [0.25, 0.3) is 0 Å². The van der Waals surface area contributed by atoms with E-state index in [4.69, 9.17) is 27.2 Å². The second-order valence-corrected chi connectivity index (χ2v) is 25.8. The maximum absolute atomic E-state index is 13.4. The van der Waals surface area contributed by atoms with E-state index >= 15 is 0 Å². The molecule has 42 heavy (non-hydrogen) atoms. The SMILES string of the molecule is CCOP(=O)(OCC)OC1=C(C(=O)OC)[C@H](C=C(CO[Si](C)(C)C(C)(C)C)CO[Si](C)(C)C(C)(C)C)[C@@H](C(C)C)CC1. The molecule has 0 unspecified atom stereocenters. The molecule has 0 aromatic rings. The summed E-state index contributed by atoms with van der Waals surface area (Å²) in [6.07, 6.45) is 3.30. The smallest absolute Gasteiger partial charge is 0.466 e. The molecule has 0 bridgehead atoms. The maximum atomic E-state index is 13.4. The molecular weight excluding hydrogens is 587 g/mol. The third kappa shape index (κ3) is 10.7. The van der Waals surface area contributed by atoms with Gasteiger partial charge < -0.3 is 18.1 Å². The van der Waals surface area contributed by atoms with Crippen molar-refractivity contribution >= 4 is 30.4 Å². The number of rotatable bonds is 15. The van der Waals surface area contributed by atoms with Crippen molar-refractivity contribution in [3.8, 4) is 0 Å². The Morgan fingerprint density at radius 2 is 1.38 bits per heavy atom. The Balaban J connectivity index is 3.78. The van der Waals surface area contributed by atoms with Crippen molar-refractivity contribution in [2.75, 3.05) is 33.5 Å². The lowest BCUT2D eigenvalue weighted by atomic mass is 9.71. The predicted molar refractivity (Wildman–Crippen MR) is 176 cm³/mol. The zero-order valence-corrected chi connectivity index (χ0v) is 32.2. The number of carbonyl (C=O) groups excluding carboxylic acids is 1. The molecule has 0 aromatic carbocycles. The summed E-state index contributed by atoms with van der Waals surface area (Å²) in [5, 5.41) is 0.0863. The van der Waals surface area contributed by atoms with Crippen LogP contribution in [0.3, 0.4) is 0 Å². The van der Waals surface area contributed by atoms with Crippen LogP contribution < -0.4 is 0 Å². The van der Waals surface area contributed by atoms with Crippen molar-refractivity contribution in [1.29, 1.82) is 0 Å². The molecule has 0 aliphatic heterocycles. The molecule has 1 aliphatic carbocycles. The lowest BCUT2D eigenvalue weighted by molar-refractivity contribution is -0.137. The number of phosphoric acid groups is 1. The van der Waals surface area contributed by atoms with Gasteiger partial charge in [-0.1, -0.05) is 61.5 Å². The lowest BCUT2D eigenvalue weighted by Crippen LogP contribution is -2.43. The Kier molecular flexibility index (Phi) is 14.5. The van der Waals surface area contributed by atoms with Gasteiger partial charge in [-0.25, -0.2) is 9.36 Å². The lowest BCUT2D eigenvalue weighted by Gasteiger charge is -2.39. The molecule has 0 fully saturated rings. The molecular formula is C31H61O8PSi2. The Labute approximate surface area is 259 Å². The molecule has 0 radical (unpaired) electrons. The number of ether oxygens (including phenoxy) is 1. The number of hydrogen-bond acceptors (Lipinski definition) is 8. The molecule has 11 heteroatoms. The van der Waals surface area contributed by atoms with Gasteiger partial charge in [0.15, 0.2) is 16.6 Å². The molecule has 2 atom stereocenters. The highest BCUT2D eigenvalue weighted by Crippen LogP contribution is 2.54. The molecule has 0 amide bonds. The molecule has 1 rings (SSSR count). The molecule has 0 aromatic heterocycles. The summed E-state index contributed by atoms with van der Waals surface area (Å²) < 4.78 is 48.9. The molecule has 0 spiro atoms. The number of allylic oxidation sites excluding steroid dienone is 2. The molecule has 0 saturated heterocycles. The van der Waals surface area contributed by atoms with Crippen molar-refractivity contribution < 1.29 is 36.5 Å². The van der Waals surface area contributed by atoms with E-state index in [1.807, 2.05) is 0 Å². The minimum Gasteiger partial charge on any atom is -0.466 e. The van der Waals surface area contributed by atoms with Crippen molar-refractivity contribution in [2.45, 2.75) is 118 Å². The minimum absolute atomic E-state index is 0.0432. The van der Waals surface area contributed by atoms with Gasteiger partial charge in [0.2, 0.25) is 0 Å². The van der Waals surface area contributed by atoms with E-state index in [-0.39, 0.29) is 41.0 Å². The number of carbonyl (C=O) groups is 1. The number of methoxy groups -OCH3 is 1. The fourth-order valence-corrected chi connectivity index (χ4v) is 7.56. The van der Waals surface area contributed by atoms with E-state index in [1.165, 1.54) is 7.11 Å². The highest BCUT2D eigenvalue weighted by atomic mass is 31.2. The van der Waals surface area contributed by atoms with Crippen LogP contribution in [-0.2, 0) is 36.5 Å². The van der Waals surface area contributed by atoms with E-state index in [0.29, 0.717) is 31.0 Å². The third-order valence-electron chi connectivity index (χ3n) is 9.12. The summed E-state index contributed by atoms with van der Waals surface area (Å²) >= 11 is 0. The topological polar surface area (TPSA) is 89.5 Å². The highest BCUT2D eigenvalue weighted by Gasteiger charge is 2.42. The van der Waals surface area contributed by atoms with Crippen molar-refractivity contribution in [3.63, 3.8) is 0 Å². The Hall–Kier alpha value is -0.746. The predicted octanol–water partition coefficient (Wildman–Crippen LogP) is 9.26. The second kappa shape index (κ2) is 15.5. The first-order valence-corrected chi connectivity index (χ1v) is 22.7. The van der Waals surface area contributed by atoms with Crippen molar-refractivity contribution in [1.82, 2.24) is 0 Å². The third-order valence-corrected chi connectivity index (χ3v) is 19.7. The highest BCUT2D eigenvalue weighted by molar-refractivity contribution is 7.48. The van der Waals surface area contributed by atoms with Gasteiger partial charge in [-0.15, -0.1) is 0 Å². The van der Waals surface area contributed by atoms with Gasteiger partial charge in [0.1, 0.15) is 5.76 Å². The number of hydrogen-bond donors (Lipinski definition) is 0. The molecule has 0 saturated carbocycles. The van der Waals surface area contributed by atoms with Crippen molar-refractivity contribution in [3.05, 3.63) is 23.0 Å². The van der Waals surface area contributed by atoms with Crippen LogP contribution in [0.15, 0.2) is 23.0 Å². The Bertz CT molecular complexity index is 963. The average molecular weight is 649 g/mol. The summed E-state index contributed by atoms with van der Waals surface area (Å²) in [5.74, 6) is -0.159. The number of esters is 1. The van der Waals surface area contributed by atoms with Crippen LogP contribution in [0, 0.1) is 17.8 Å². The zero-order valence-electron chi connectivity index (χ0n) is 29.3. The van der Waals surface area contributed by atoms with Gasteiger partial charge in [-0.3, -0.25) is 9.05 Å². The van der Waals surface area contributed by atoms with E-state index in [0.717, 1.165) is 12.0 Å². The van der Waals surface area contributed by atoms with Crippen LogP contribution in [0.4, 0.5) is 0 Å². The van der Waals surface area contributed by atoms with Gasteiger partial charge in [0, 0.05) is 12.3 Å². The van der Waals surface area contributed by atoms with Crippen LogP contribution in [-0.4, -0.2) is 56.1 Å². The zero-order chi connectivity index (χ0) is 32.7. The first-order chi connectivity index (χ1) is 19.1. The van der Waals surface area contributed by atoms with Gasteiger partial charge in [-0.2, -0.15) is 0 Å². The Morgan fingerprint density at radius 3 is 1.74 bits per heavy atom. The largest absolute Gasteiger partial charge is 0.529 e. The molecule has 0 N–H and O–H groups in total. The fraction of sp³-hybridized carbons (Fsp3) is 0.839. The Morgan fingerprint density at radius 1 is 0.929 bits per heavy atom. The standard InChI is InChI=1S/C31H61O8PSi2/c1-16-35-40(33,36-17-2)39-27-19-18-25(23(3)4)26(28(27)29(32)34-11)20-24(21-37-41(12,13)30(5,6)7)22-38-42(14,15)31(8,9)10/h20,23,25-26H,16-19,21-22H2,1-15H3/t25-,26-/m1/s1. The van der Waals surface area contributed by atoms with E-state index in [1.54, 1.807) is 13.8 Å². The maximum Gasteiger partial charge on any atom is 0.529 e. The van der Waals surface area contributed by atoms with Crippen LogP contribution in [0.1, 0.15) is 82.1 Å². The van der Waals surface area contributed by atoms with E-state index in [9.17, 15) is 9.36 Å². The van der Waals surface area contributed by atoms with Gasteiger partial charge in [0.05, 0.1) is 39.1 Å². The van der Waals surface area contributed by atoms with Gasteiger partial charge >= 0.3 is 13.8 Å². The number of phosphoric ester groups is 1. The molecule has 1 aliphatic rings. The van der Waals surface area contributed by atoms with Crippen LogP contribution >= 0.6 is 7.82 Å².